The van der Waals surface area contributed by atoms with E-state index in [1.807, 2.05) is 30.3 Å². The third kappa shape index (κ3) is 3.55. The number of carbonyl (C=O) groups excluding carboxylic acids is 1. The lowest BCUT2D eigenvalue weighted by Crippen LogP contribution is -2.49. The lowest BCUT2D eigenvalue weighted by atomic mass is 9.92. The van der Waals surface area contributed by atoms with Gasteiger partial charge in [-0.3, -0.25) is 4.79 Å². The molecule has 1 saturated heterocycles. The van der Waals surface area contributed by atoms with Crippen LogP contribution in [0, 0.1) is 0 Å². The second kappa shape index (κ2) is 6.17. The summed E-state index contributed by atoms with van der Waals surface area (Å²) in [6.45, 7) is 3.20. The number of hydrogen-bond donors (Lipinski definition) is 2. The molecule has 4 heteroatoms. The Hall–Kier alpha value is -1.39. The maximum atomic E-state index is 12.2. The first-order valence-electron chi connectivity index (χ1n) is 6.85. The molecule has 1 aliphatic heterocycles. The minimum absolute atomic E-state index is 0.142. The van der Waals surface area contributed by atoms with Gasteiger partial charge in [-0.1, -0.05) is 30.3 Å². The van der Waals surface area contributed by atoms with E-state index in [1.165, 1.54) is 0 Å². The number of benzene rings is 1. The third-order valence-corrected chi connectivity index (χ3v) is 3.62. The van der Waals surface area contributed by atoms with Crippen molar-refractivity contribution in [3.8, 4) is 0 Å². The fraction of sp³-hybridized carbons (Fsp3) is 0.533. The molecule has 2 unspecified atom stereocenters. The van der Waals surface area contributed by atoms with Crippen molar-refractivity contribution in [1.29, 1.82) is 0 Å². The lowest BCUT2D eigenvalue weighted by molar-refractivity contribution is -0.126. The molecule has 2 atom stereocenters. The molecule has 0 radical (unpaired) electrons. The molecule has 0 saturated carbocycles. The predicted octanol–water partition coefficient (Wildman–Crippen LogP) is 1.55. The van der Waals surface area contributed by atoms with Crippen LogP contribution in [0.2, 0.25) is 0 Å². The molecular weight excluding hydrogens is 240 g/mol. The number of rotatable bonds is 5. The molecule has 19 heavy (non-hydrogen) atoms. The number of amides is 1. The van der Waals surface area contributed by atoms with Crippen molar-refractivity contribution in [2.45, 2.75) is 37.8 Å². The molecule has 1 amide bonds. The minimum Gasteiger partial charge on any atom is -0.378 e. The van der Waals surface area contributed by atoms with Gasteiger partial charge in [0.2, 0.25) is 5.91 Å². The van der Waals surface area contributed by atoms with Gasteiger partial charge in [-0.15, -0.1) is 0 Å². The normalized spacial score (nSPS) is 21.9. The predicted molar refractivity (Wildman–Crippen MR) is 74.6 cm³/mol. The number of ether oxygens (including phenoxy) is 1. The van der Waals surface area contributed by atoms with Gasteiger partial charge in [0.05, 0.1) is 6.10 Å². The van der Waals surface area contributed by atoms with Crippen molar-refractivity contribution in [1.82, 2.24) is 5.32 Å². The van der Waals surface area contributed by atoms with Crippen molar-refractivity contribution >= 4 is 5.91 Å². The Labute approximate surface area is 114 Å². The largest absolute Gasteiger partial charge is 0.378 e. The highest BCUT2D eigenvalue weighted by molar-refractivity contribution is 5.86. The van der Waals surface area contributed by atoms with Crippen LogP contribution in [0.4, 0.5) is 0 Å². The van der Waals surface area contributed by atoms with Crippen LogP contribution < -0.4 is 11.1 Å². The van der Waals surface area contributed by atoms with Gasteiger partial charge in [0.15, 0.2) is 0 Å². The summed E-state index contributed by atoms with van der Waals surface area (Å²) in [7, 11) is 0. The van der Waals surface area contributed by atoms with E-state index in [4.69, 9.17) is 10.5 Å². The van der Waals surface area contributed by atoms with Crippen molar-refractivity contribution in [2.24, 2.45) is 5.73 Å². The Morgan fingerprint density at radius 1 is 1.47 bits per heavy atom. The molecule has 1 fully saturated rings. The molecule has 104 valence electrons. The van der Waals surface area contributed by atoms with Crippen LogP contribution in [-0.2, 0) is 15.1 Å². The SMILES string of the molecule is CC(N)(C(=O)NCCC1CCCO1)c1ccccc1. The van der Waals surface area contributed by atoms with Gasteiger partial charge < -0.3 is 15.8 Å². The molecule has 0 spiro atoms. The molecule has 4 nitrogen and oxygen atoms in total. The Morgan fingerprint density at radius 3 is 2.84 bits per heavy atom. The Bertz CT molecular complexity index is 411. The van der Waals surface area contributed by atoms with E-state index in [0.717, 1.165) is 31.4 Å². The van der Waals surface area contributed by atoms with Gasteiger partial charge in [-0.25, -0.2) is 0 Å². The summed E-state index contributed by atoms with van der Waals surface area (Å²) >= 11 is 0. The number of nitrogens with two attached hydrogens (primary N) is 1. The van der Waals surface area contributed by atoms with Crippen LogP contribution >= 0.6 is 0 Å². The maximum absolute atomic E-state index is 12.2. The maximum Gasteiger partial charge on any atom is 0.244 e. The first-order valence-corrected chi connectivity index (χ1v) is 6.85. The zero-order valence-electron chi connectivity index (χ0n) is 11.4. The molecule has 1 heterocycles. The van der Waals surface area contributed by atoms with Crippen molar-refractivity contribution in [3.05, 3.63) is 35.9 Å². The zero-order valence-corrected chi connectivity index (χ0v) is 11.4. The van der Waals surface area contributed by atoms with Gasteiger partial charge >= 0.3 is 0 Å². The summed E-state index contributed by atoms with van der Waals surface area (Å²) in [5.74, 6) is -0.142. The molecule has 2 rings (SSSR count). The zero-order chi connectivity index (χ0) is 13.7. The molecular formula is C15H22N2O2. The van der Waals surface area contributed by atoms with E-state index < -0.39 is 5.54 Å². The number of carbonyl (C=O) groups is 1. The Kier molecular flexibility index (Phi) is 4.56. The fourth-order valence-electron chi connectivity index (χ4n) is 2.32. The van der Waals surface area contributed by atoms with E-state index >= 15 is 0 Å². The highest BCUT2D eigenvalue weighted by Crippen LogP contribution is 2.18. The monoisotopic (exact) mass is 262 g/mol. The van der Waals surface area contributed by atoms with Gasteiger partial charge in [-0.05, 0) is 31.7 Å². The lowest BCUT2D eigenvalue weighted by Gasteiger charge is -2.24. The molecule has 0 aliphatic carbocycles. The summed E-state index contributed by atoms with van der Waals surface area (Å²) in [6, 6.07) is 9.44. The van der Waals surface area contributed by atoms with Crippen LogP contribution in [0.1, 0.15) is 31.7 Å². The standard InChI is InChI=1S/C15H22N2O2/c1-15(16,12-6-3-2-4-7-12)14(18)17-10-9-13-8-5-11-19-13/h2-4,6-7,13H,5,8-11,16H2,1H3,(H,17,18). The Morgan fingerprint density at radius 2 is 2.21 bits per heavy atom. The van der Waals surface area contributed by atoms with Gasteiger partial charge in [0.25, 0.3) is 0 Å². The second-order valence-corrected chi connectivity index (χ2v) is 5.25. The van der Waals surface area contributed by atoms with E-state index in [-0.39, 0.29) is 5.91 Å². The van der Waals surface area contributed by atoms with Crippen molar-refractivity contribution < 1.29 is 9.53 Å². The van der Waals surface area contributed by atoms with E-state index in [2.05, 4.69) is 5.32 Å². The summed E-state index contributed by atoms with van der Waals surface area (Å²) in [5, 5.41) is 2.90. The van der Waals surface area contributed by atoms with Crippen molar-refractivity contribution in [2.75, 3.05) is 13.2 Å². The molecule has 0 aromatic heterocycles. The summed E-state index contributed by atoms with van der Waals surface area (Å²) in [5.41, 5.74) is 5.97. The Balaban J connectivity index is 1.84. The average molecular weight is 262 g/mol. The van der Waals surface area contributed by atoms with Gasteiger partial charge in [0.1, 0.15) is 5.54 Å². The molecule has 1 aromatic carbocycles. The number of nitrogens with one attached hydrogen (secondary N) is 1. The first-order chi connectivity index (χ1) is 9.10. The molecule has 0 bridgehead atoms. The minimum atomic E-state index is -0.988. The average Bonchev–Trinajstić information content (AvgIpc) is 2.93. The van der Waals surface area contributed by atoms with E-state index in [9.17, 15) is 4.79 Å². The molecule has 1 aromatic rings. The first kappa shape index (κ1) is 14.0. The smallest absolute Gasteiger partial charge is 0.244 e. The van der Waals surface area contributed by atoms with Gasteiger partial charge in [0, 0.05) is 13.2 Å². The van der Waals surface area contributed by atoms with Crippen LogP contribution in [-0.4, -0.2) is 25.2 Å². The molecule has 1 aliphatic rings. The summed E-state index contributed by atoms with van der Waals surface area (Å²) in [4.78, 5) is 12.2. The van der Waals surface area contributed by atoms with Gasteiger partial charge in [-0.2, -0.15) is 0 Å². The highest BCUT2D eigenvalue weighted by atomic mass is 16.5. The van der Waals surface area contributed by atoms with Crippen LogP contribution in [0.5, 0.6) is 0 Å². The highest BCUT2D eigenvalue weighted by Gasteiger charge is 2.30. The molecule has 3 N–H and O–H groups in total. The third-order valence-electron chi connectivity index (χ3n) is 3.62. The summed E-state index contributed by atoms with van der Waals surface area (Å²) in [6.07, 6.45) is 3.36. The van der Waals surface area contributed by atoms with Crippen LogP contribution in [0.25, 0.3) is 0 Å². The fourth-order valence-corrected chi connectivity index (χ4v) is 2.32. The second-order valence-electron chi connectivity index (χ2n) is 5.25. The number of hydrogen-bond acceptors (Lipinski definition) is 3. The van der Waals surface area contributed by atoms with E-state index in [1.54, 1.807) is 6.92 Å². The van der Waals surface area contributed by atoms with Crippen LogP contribution in [0.3, 0.4) is 0 Å². The van der Waals surface area contributed by atoms with Crippen LogP contribution in [0.15, 0.2) is 30.3 Å². The quantitative estimate of drug-likeness (QED) is 0.846. The topological polar surface area (TPSA) is 64.4 Å². The van der Waals surface area contributed by atoms with E-state index in [0.29, 0.717) is 12.6 Å². The summed E-state index contributed by atoms with van der Waals surface area (Å²) < 4.78 is 5.52. The van der Waals surface area contributed by atoms with Crippen molar-refractivity contribution in [3.63, 3.8) is 0 Å².